The third-order valence-electron chi connectivity index (χ3n) is 6.45. The lowest BCUT2D eigenvalue weighted by atomic mass is 10.0. The molecule has 0 aliphatic rings. The van der Waals surface area contributed by atoms with Crippen LogP contribution in [0.1, 0.15) is 55.5 Å². The number of carbonyl (C=O) groups excluding carboxylic acids is 1. The molecule has 0 fully saturated rings. The van der Waals surface area contributed by atoms with Gasteiger partial charge in [-0.15, -0.1) is 0 Å². The SMILES string of the molecule is CC.CCN(Cc1ccccc1)c1nc2ccccc2cc1CN(C)Cc1cc(C(F)(F)F)cc(C(F)(F)F)c1.CCOC=O. The molecule has 4 aromatic rings. The zero-order chi connectivity index (χ0) is 33.6. The number of benzene rings is 3. The zero-order valence-electron chi connectivity index (χ0n) is 26.0. The second-order valence-electron chi connectivity index (χ2n) is 9.80. The minimum atomic E-state index is -4.89. The number of alkyl halides is 6. The molecule has 11 heteroatoms. The molecule has 244 valence electrons. The molecule has 0 amide bonds. The Morgan fingerprint density at radius 3 is 1.84 bits per heavy atom. The van der Waals surface area contributed by atoms with Crippen molar-refractivity contribution in [3.8, 4) is 0 Å². The number of halogens is 6. The molecule has 45 heavy (non-hydrogen) atoms. The number of anilines is 1. The van der Waals surface area contributed by atoms with Gasteiger partial charge >= 0.3 is 12.4 Å². The molecule has 5 nitrogen and oxygen atoms in total. The number of hydrogen-bond acceptors (Lipinski definition) is 5. The van der Waals surface area contributed by atoms with Crippen LogP contribution >= 0.6 is 0 Å². The molecule has 4 rings (SSSR count). The van der Waals surface area contributed by atoms with Crippen molar-refractivity contribution in [2.24, 2.45) is 0 Å². The van der Waals surface area contributed by atoms with Gasteiger partial charge < -0.3 is 9.64 Å². The number of carbonyl (C=O) groups is 1. The molecule has 0 radical (unpaired) electrons. The van der Waals surface area contributed by atoms with E-state index in [1.54, 1.807) is 18.9 Å². The molecule has 1 aromatic heterocycles. The first-order valence-electron chi connectivity index (χ1n) is 14.5. The molecule has 1 heterocycles. The van der Waals surface area contributed by atoms with Crippen LogP contribution in [-0.2, 0) is 41.5 Å². The fourth-order valence-electron chi connectivity index (χ4n) is 4.52. The summed E-state index contributed by atoms with van der Waals surface area (Å²) >= 11 is 0. The molecule has 3 aromatic carbocycles. The van der Waals surface area contributed by atoms with Crippen LogP contribution in [-0.4, -0.2) is 36.6 Å². The number of aromatic nitrogens is 1. The van der Waals surface area contributed by atoms with Gasteiger partial charge in [0.05, 0.1) is 23.3 Å². The average Bonchev–Trinajstić information content (AvgIpc) is 3.01. The van der Waals surface area contributed by atoms with Gasteiger partial charge in [0.15, 0.2) is 0 Å². The zero-order valence-corrected chi connectivity index (χ0v) is 26.0. The van der Waals surface area contributed by atoms with Crippen LogP contribution in [0.25, 0.3) is 10.9 Å². The summed E-state index contributed by atoms with van der Waals surface area (Å²) in [5, 5.41) is 0.897. The highest BCUT2D eigenvalue weighted by atomic mass is 19.4. The molecule has 0 saturated carbocycles. The van der Waals surface area contributed by atoms with Gasteiger partial charge in [0.2, 0.25) is 0 Å². The highest BCUT2D eigenvalue weighted by Gasteiger charge is 2.37. The highest BCUT2D eigenvalue weighted by Crippen LogP contribution is 2.37. The predicted octanol–water partition coefficient (Wildman–Crippen LogP) is 9.14. The van der Waals surface area contributed by atoms with Crippen molar-refractivity contribution in [2.45, 2.75) is 59.7 Å². The Bertz CT molecular complexity index is 1440. The van der Waals surface area contributed by atoms with E-state index in [2.05, 4.69) is 9.64 Å². The van der Waals surface area contributed by atoms with E-state index in [-0.39, 0.29) is 24.7 Å². The largest absolute Gasteiger partial charge is 0.468 e. The van der Waals surface area contributed by atoms with Gasteiger partial charge in [-0.05, 0) is 62.4 Å². The number of pyridine rings is 1. The standard InChI is InChI=1S/C29H27F6N3.C3H6O2.C2H6/c1-3-38(18-20-9-5-4-6-10-20)27-23(15-22-11-7-8-12-26(22)36-27)19-37(2)17-21-13-24(28(30,31)32)16-25(14-21)29(33,34)35;1-2-5-3-4;1-2/h4-16H,3,17-19H2,1-2H3;3H,2H2,1H3;1-2H3. The lowest BCUT2D eigenvalue weighted by Gasteiger charge is -2.27. The first-order valence-corrected chi connectivity index (χ1v) is 14.5. The van der Waals surface area contributed by atoms with E-state index >= 15 is 0 Å². The third kappa shape index (κ3) is 11.4. The quantitative estimate of drug-likeness (QED) is 0.129. The molecule has 0 spiro atoms. The molecule has 0 unspecified atom stereocenters. The summed E-state index contributed by atoms with van der Waals surface area (Å²) in [6.45, 7) is 10.1. The van der Waals surface area contributed by atoms with Crippen molar-refractivity contribution in [1.29, 1.82) is 0 Å². The molecule has 0 aliphatic heterocycles. The number of rotatable bonds is 10. The van der Waals surface area contributed by atoms with E-state index < -0.39 is 23.5 Å². The van der Waals surface area contributed by atoms with Crippen LogP contribution in [0.2, 0.25) is 0 Å². The van der Waals surface area contributed by atoms with E-state index in [1.165, 1.54) is 0 Å². The first-order chi connectivity index (χ1) is 21.3. The highest BCUT2D eigenvalue weighted by molar-refractivity contribution is 5.81. The summed E-state index contributed by atoms with van der Waals surface area (Å²) in [7, 11) is 1.67. The van der Waals surface area contributed by atoms with Crippen molar-refractivity contribution in [3.05, 3.63) is 107 Å². The molecular weight excluding hydrogens is 596 g/mol. The summed E-state index contributed by atoms with van der Waals surface area (Å²) in [5.74, 6) is 0.724. The second-order valence-corrected chi connectivity index (χ2v) is 9.80. The number of para-hydroxylation sites is 1. The Hall–Kier alpha value is -4.12. The van der Waals surface area contributed by atoms with Crippen LogP contribution in [0.15, 0.2) is 78.9 Å². The fourth-order valence-corrected chi connectivity index (χ4v) is 4.52. The minimum absolute atomic E-state index is 0.0680. The second kappa shape index (κ2) is 17.4. The van der Waals surface area contributed by atoms with Crippen molar-refractivity contribution >= 4 is 23.2 Å². The number of fused-ring (bicyclic) bond motifs is 1. The van der Waals surface area contributed by atoms with E-state index in [4.69, 9.17) is 4.98 Å². The number of nitrogens with zero attached hydrogens (tertiary/aromatic N) is 3. The van der Waals surface area contributed by atoms with Crippen LogP contribution in [0.3, 0.4) is 0 Å². The first kappa shape index (κ1) is 37.1. The van der Waals surface area contributed by atoms with Crippen molar-refractivity contribution < 1.29 is 35.9 Å². The lowest BCUT2D eigenvalue weighted by Crippen LogP contribution is -2.26. The maximum Gasteiger partial charge on any atom is 0.416 e. The molecule has 0 N–H and O–H groups in total. The average molecular weight is 636 g/mol. The van der Waals surface area contributed by atoms with Crippen molar-refractivity contribution in [3.63, 3.8) is 0 Å². The summed E-state index contributed by atoms with van der Waals surface area (Å²) in [4.78, 5) is 17.9. The van der Waals surface area contributed by atoms with Crippen LogP contribution in [0.4, 0.5) is 32.2 Å². The topological polar surface area (TPSA) is 45.7 Å². The fraction of sp³-hybridized carbons (Fsp3) is 0.353. The van der Waals surface area contributed by atoms with Crippen molar-refractivity contribution in [1.82, 2.24) is 9.88 Å². The van der Waals surface area contributed by atoms with Gasteiger partial charge in [-0.3, -0.25) is 9.69 Å². The smallest absolute Gasteiger partial charge is 0.416 e. The molecule has 0 aliphatic carbocycles. The van der Waals surface area contributed by atoms with Gasteiger partial charge in [-0.25, -0.2) is 4.98 Å². The van der Waals surface area contributed by atoms with Crippen LogP contribution in [0, 0.1) is 0 Å². The van der Waals surface area contributed by atoms with E-state index in [0.29, 0.717) is 26.2 Å². The van der Waals surface area contributed by atoms with E-state index in [1.807, 2.05) is 81.4 Å². The summed E-state index contributed by atoms with van der Waals surface area (Å²) in [6, 6.07) is 21.2. The Balaban J connectivity index is 0.000000917. The summed E-state index contributed by atoms with van der Waals surface area (Å²) in [6.07, 6.45) is -9.77. The van der Waals surface area contributed by atoms with Crippen LogP contribution < -0.4 is 4.90 Å². The van der Waals surface area contributed by atoms with Crippen molar-refractivity contribution in [2.75, 3.05) is 25.1 Å². The minimum Gasteiger partial charge on any atom is -0.468 e. The predicted molar refractivity (Wildman–Crippen MR) is 166 cm³/mol. The third-order valence-corrected chi connectivity index (χ3v) is 6.45. The van der Waals surface area contributed by atoms with Gasteiger partial charge in [-0.2, -0.15) is 26.3 Å². The molecule has 0 saturated heterocycles. The maximum absolute atomic E-state index is 13.3. The molecular formula is C34H39F6N3O2. The van der Waals surface area contributed by atoms with Crippen LogP contribution in [0.5, 0.6) is 0 Å². The maximum atomic E-state index is 13.3. The Morgan fingerprint density at radius 1 is 0.756 bits per heavy atom. The van der Waals surface area contributed by atoms with Gasteiger partial charge in [0, 0.05) is 37.1 Å². The summed E-state index contributed by atoms with van der Waals surface area (Å²) < 4.78 is 84.2. The van der Waals surface area contributed by atoms with Gasteiger partial charge in [0.25, 0.3) is 6.47 Å². The Morgan fingerprint density at radius 2 is 1.33 bits per heavy atom. The molecule has 0 atom stereocenters. The lowest BCUT2D eigenvalue weighted by molar-refractivity contribution is -0.143. The normalized spacial score (nSPS) is 11.3. The number of ether oxygens (including phenoxy) is 1. The van der Waals surface area contributed by atoms with Gasteiger partial charge in [-0.1, -0.05) is 62.4 Å². The Kier molecular flexibility index (Phi) is 14.3. The van der Waals surface area contributed by atoms with E-state index in [9.17, 15) is 31.1 Å². The monoisotopic (exact) mass is 635 g/mol. The summed E-state index contributed by atoms with van der Waals surface area (Å²) in [5.41, 5.74) is 0.0153. The number of hydrogen-bond donors (Lipinski definition) is 0. The Labute approximate surface area is 260 Å². The molecule has 0 bridgehead atoms. The van der Waals surface area contributed by atoms with E-state index in [0.717, 1.165) is 40.0 Å². The van der Waals surface area contributed by atoms with Gasteiger partial charge in [0.1, 0.15) is 5.82 Å².